The lowest BCUT2D eigenvalue weighted by atomic mass is 10.1. The Labute approximate surface area is 83.7 Å². The van der Waals surface area contributed by atoms with E-state index in [1.807, 2.05) is 0 Å². The highest BCUT2D eigenvalue weighted by Gasteiger charge is 1.88. The van der Waals surface area contributed by atoms with E-state index >= 15 is 0 Å². The van der Waals surface area contributed by atoms with Gasteiger partial charge in [-0.15, -0.1) is 0 Å². The smallest absolute Gasteiger partial charge is 0.0346 e. The molecule has 0 aliphatic rings. The summed E-state index contributed by atoms with van der Waals surface area (Å²) < 4.78 is 0. The van der Waals surface area contributed by atoms with Crippen molar-refractivity contribution < 1.29 is 0 Å². The lowest BCUT2D eigenvalue weighted by Crippen LogP contribution is -1.78. The average molecular weight is 180 g/mol. The van der Waals surface area contributed by atoms with Crippen LogP contribution in [0.25, 0.3) is 0 Å². The van der Waals surface area contributed by atoms with E-state index in [2.05, 4.69) is 39.8 Å². The van der Waals surface area contributed by atoms with Crippen LogP contribution in [-0.4, -0.2) is 0 Å². The number of hydrogen-bond acceptors (Lipinski definition) is 0. The minimum atomic E-state index is 1.17. The van der Waals surface area contributed by atoms with Crippen LogP contribution >= 0.6 is 0 Å². The third-order valence-corrected chi connectivity index (χ3v) is 2.55. The van der Waals surface area contributed by atoms with E-state index in [1.165, 1.54) is 43.3 Å². The summed E-state index contributed by atoms with van der Waals surface area (Å²) in [5.41, 5.74) is 2.95. The molecule has 76 valence electrons. The first-order valence-corrected chi connectivity index (χ1v) is 5.55. The van der Waals surface area contributed by atoms with Crippen LogP contribution in [0, 0.1) is 0 Å². The Morgan fingerprint density at radius 1 is 1.08 bits per heavy atom. The molecule has 0 heterocycles. The van der Waals surface area contributed by atoms with Crippen LogP contribution in [0.1, 0.15) is 59.8 Å². The van der Waals surface area contributed by atoms with Gasteiger partial charge in [0.2, 0.25) is 0 Å². The minimum absolute atomic E-state index is 1.17. The Balaban J connectivity index is 3.71. The molecule has 0 radical (unpaired) electrons. The summed E-state index contributed by atoms with van der Waals surface area (Å²) in [7, 11) is 0. The van der Waals surface area contributed by atoms with E-state index in [1.54, 1.807) is 0 Å². The molecule has 0 rings (SSSR count). The number of hydrogen-bond donors (Lipinski definition) is 0. The van der Waals surface area contributed by atoms with E-state index in [9.17, 15) is 0 Å². The molecule has 0 fully saturated rings. The van der Waals surface area contributed by atoms with E-state index in [4.69, 9.17) is 0 Å². The zero-order valence-corrected chi connectivity index (χ0v) is 9.69. The van der Waals surface area contributed by atoms with Crippen LogP contribution in [0.2, 0.25) is 0 Å². The maximum absolute atomic E-state index is 2.31. The van der Waals surface area contributed by atoms with Gasteiger partial charge < -0.3 is 0 Å². The van der Waals surface area contributed by atoms with Crippen LogP contribution in [-0.2, 0) is 0 Å². The second kappa shape index (κ2) is 8.10. The maximum Gasteiger partial charge on any atom is -0.0346 e. The number of rotatable bonds is 6. The van der Waals surface area contributed by atoms with Gasteiger partial charge in [0.15, 0.2) is 0 Å². The molecule has 0 aromatic carbocycles. The molecule has 13 heavy (non-hydrogen) atoms. The van der Waals surface area contributed by atoms with Gasteiger partial charge in [-0.2, -0.15) is 0 Å². The Morgan fingerprint density at radius 2 is 1.77 bits per heavy atom. The lowest BCUT2D eigenvalue weighted by Gasteiger charge is -1.99. The predicted octanol–water partition coefficient (Wildman–Crippen LogP) is 4.87. The van der Waals surface area contributed by atoms with Gasteiger partial charge in [-0.3, -0.25) is 0 Å². The Kier molecular flexibility index (Phi) is 7.77. The Morgan fingerprint density at radius 3 is 2.31 bits per heavy atom. The molecule has 0 aliphatic heterocycles. The summed E-state index contributed by atoms with van der Waals surface area (Å²) in [6, 6.07) is 0. The van der Waals surface area contributed by atoms with Crippen LogP contribution in [0.3, 0.4) is 0 Å². The van der Waals surface area contributed by atoms with E-state index in [-0.39, 0.29) is 0 Å². The van der Waals surface area contributed by atoms with Crippen molar-refractivity contribution in [2.75, 3.05) is 0 Å². The van der Waals surface area contributed by atoms with E-state index in [0.717, 1.165) is 0 Å². The molecule has 0 bridgehead atoms. The summed E-state index contributed by atoms with van der Waals surface area (Å²) in [5.74, 6) is 0. The third kappa shape index (κ3) is 6.62. The fourth-order valence-electron chi connectivity index (χ4n) is 1.19. The first kappa shape index (κ1) is 12.5. The summed E-state index contributed by atoms with van der Waals surface area (Å²) in [5, 5.41) is 0. The highest BCUT2D eigenvalue weighted by Crippen LogP contribution is 2.09. The van der Waals surface area contributed by atoms with Gasteiger partial charge in [0.05, 0.1) is 0 Å². The zero-order chi connectivity index (χ0) is 10.1. The fraction of sp³-hybridized carbons (Fsp3) is 0.692. The van der Waals surface area contributed by atoms with Crippen molar-refractivity contribution in [1.29, 1.82) is 0 Å². The molecule has 0 nitrogen and oxygen atoms in total. The van der Waals surface area contributed by atoms with Crippen molar-refractivity contribution >= 4 is 0 Å². The quantitative estimate of drug-likeness (QED) is 0.404. The minimum Gasteiger partial charge on any atom is -0.0843 e. The van der Waals surface area contributed by atoms with Gasteiger partial charge in [-0.25, -0.2) is 0 Å². The van der Waals surface area contributed by atoms with Crippen molar-refractivity contribution in [3.63, 3.8) is 0 Å². The molecule has 0 aliphatic carbocycles. The van der Waals surface area contributed by atoms with Crippen LogP contribution < -0.4 is 0 Å². The topological polar surface area (TPSA) is 0 Å². The van der Waals surface area contributed by atoms with E-state index < -0.39 is 0 Å². The molecule has 0 aromatic rings. The molecule has 0 N–H and O–H groups in total. The van der Waals surface area contributed by atoms with Crippen molar-refractivity contribution in [3.05, 3.63) is 23.3 Å². The van der Waals surface area contributed by atoms with Crippen molar-refractivity contribution in [3.8, 4) is 0 Å². The summed E-state index contributed by atoms with van der Waals surface area (Å²) in [6.07, 6.45) is 11.0. The van der Waals surface area contributed by atoms with Crippen molar-refractivity contribution in [2.45, 2.75) is 59.8 Å². The third-order valence-electron chi connectivity index (χ3n) is 2.55. The standard InChI is InChI=1S/C13H24/c1-5-7-8-9-10-11-13(4)12(3)6-2/h10-11H,5-9H2,1-4H3. The van der Waals surface area contributed by atoms with Gasteiger partial charge >= 0.3 is 0 Å². The molecule has 0 aromatic heterocycles. The van der Waals surface area contributed by atoms with Gasteiger partial charge in [0.1, 0.15) is 0 Å². The molecule has 0 unspecified atom stereocenters. The van der Waals surface area contributed by atoms with Crippen molar-refractivity contribution in [2.24, 2.45) is 0 Å². The highest BCUT2D eigenvalue weighted by atomic mass is 14.0. The molecular weight excluding hydrogens is 156 g/mol. The van der Waals surface area contributed by atoms with Gasteiger partial charge in [-0.05, 0) is 33.1 Å². The summed E-state index contributed by atoms with van der Waals surface area (Å²) in [6.45, 7) is 8.88. The van der Waals surface area contributed by atoms with Gasteiger partial charge in [0.25, 0.3) is 0 Å². The van der Waals surface area contributed by atoms with E-state index in [0.29, 0.717) is 0 Å². The molecule has 0 atom stereocenters. The monoisotopic (exact) mass is 180 g/mol. The molecule has 0 amide bonds. The van der Waals surface area contributed by atoms with Crippen molar-refractivity contribution in [1.82, 2.24) is 0 Å². The molecule has 0 saturated heterocycles. The molecule has 0 saturated carbocycles. The maximum atomic E-state index is 2.31. The van der Waals surface area contributed by atoms with Gasteiger partial charge in [-0.1, -0.05) is 50.0 Å². The molecule has 0 heteroatoms. The zero-order valence-electron chi connectivity index (χ0n) is 9.69. The van der Waals surface area contributed by atoms with Crippen LogP contribution in [0.15, 0.2) is 23.3 Å². The van der Waals surface area contributed by atoms with Crippen LogP contribution in [0.4, 0.5) is 0 Å². The highest BCUT2D eigenvalue weighted by molar-refractivity contribution is 5.21. The fourth-order valence-corrected chi connectivity index (χ4v) is 1.19. The predicted molar refractivity (Wildman–Crippen MR) is 61.9 cm³/mol. The lowest BCUT2D eigenvalue weighted by molar-refractivity contribution is 0.729. The first-order valence-electron chi connectivity index (χ1n) is 5.55. The molecular formula is C13H24. The molecule has 0 spiro atoms. The SMILES string of the molecule is CCCCCC=CC(C)=C(C)CC. The summed E-state index contributed by atoms with van der Waals surface area (Å²) in [4.78, 5) is 0. The second-order valence-corrected chi connectivity index (χ2v) is 3.72. The van der Waals surface area contributed by atoms with Crippen LogP contribution in [0.5, 0.6) is 0 Å². The Bertz CT molecular complexity index is 172. The largest absolute Gasteiger partial charge is 0.0843 e. The Hall–Kier alpha value is -0.520. The van der Waals surface area contributed by atoms with Gasteiger partial charge in [0, 0.05) is 0 Å². The normalized spacial score (nSPS) is 13.5. The number of unbranched alkanes of at least 4 members (excludes halogenated alkanes) is 3. The first-order chi connectivity index (χ1) is 6.22. The summed E-state index contributed by atoms with van der Waals surface area (Å²) >= 11 is 0. The number of allylic oxidation sites excluding steroid dienone is 4. The second-order valence-electron chi connectivity index (χ2n) is 3.72. The average Bonchev–Trinajstić information content (AvgIpc) is 2.16.